The van der Waals surface area contributed by atoms with Gasteiger partial charge in [0.1, 0.15) is 11.5 Å². The molecule has 0 aromatic carbocycles. The molecule has 0 bridgehead atoms. The summed E-state index contributed by atoms with van der Waals surface area (Å²) in [6.07, 6.45) is 6.56. The van der Waals surface area contributed by atoms with Gasteiger partial charge in [0.2, 0.25) is 0 Å². The van der Waals surface area contributed by atoms with E-state index in [9.17, 15) is 0 Å². The molecule has 5 heteroatoms. The van der Waals surface area contributed by atoms with Gasteiger partial charge >= 0.3 is 0 Å². The summed E-state index contributed by atoms with van der Waals surface area (Å²) in [6.45, 7) is 1.43. The Morgan fingerprint density at radius 3 is 3.00 bits per heavy atom. The summed E-state index contributed by atoms with van der Waals surface area (Å²) in [4.78, 5) is 11.9. The maximum Gasteiger partial charge on any atom is 0.137 e. The first-order valence-electron chi connectivity index (χ1n) is 6.95. The highest BCUT2D eigenvalue weighted by molar-refractivity contribution is 5.79. The van der Waals surface area contributed by atoms with Crippen molar-refractivity contribution in [2.45, 2.75) is 6.42 Å². The van der Waals surface area contributed by atoms with Crippen LogP contribution in [0.3, 0.4) is 0 Å². The molecule has 0 saturated heterocycles. The smallest absolute Gasteiger partial charge is 0.137 e. The molecule has 0 fully saturated rings. The monoisotopic (exact) mass is 282 g/mol. The second-order valence-electron chi connectivity index (χ2n) is 4.86. The van der Waals surface area contributed by atoms with Crippen molar-refractivity contribution in [3.05, 3.63) is 54.0 Å². The van der Waals surface area contributed by atoms with Gasteiger partial charge in [-0.1, -0.05) is 6.07 Å². The fraction of sp³-hybridized carbons (Fsp3) is 0.250. The van der Waals surface area contributed by atoms with Gasteiger partial charge in [-0.05, 0) is 29.3 Å². The number of nitrogens with zero attached hydrogens (tertiary/aromatic N) is 2. The van der Waals surface area contributed by atoms with E-state index in [2.05, 4.69) is 32.4 Å². The summed E-state index contributed by atoms with van der Waals surface area (Å²) < 4.78 is 5.00. The fourth-order valence-corrected chi connectivity index (χ4v) is 2.29. The molecule has 0 amide bonds. The first-order valence-corrected chi connectivity index (χ1v) is 6.95. The number of fused-ring (bicyclic) bond motifs is 1. The van der Waals surface area contributed by atoms with E-state index < -0.39 is 0 Å². The van der Waals surface area contributed by atoms with Gasteiger partial charge in [0.15, 0.2) is 0 Å². The average Bonchev–Trinajstić information content (AvgIpc) is 2.93. The lowest BCUT2D eigenvalue weighted by molar-refractivity contribution is 0.210. The Hall–Kier alpha value is -2.40. The number of rotatable bonds is 6. The van der Waals surface area contributed by atoms with Crippen LogP contribution in [0.5, 0.6) is 0 Å². The van der Waals surface area contributed by atoms with Crippen LogP contribution in [0.15, 0.2) is 42.9 Å². The molecular weight excluding hydrogens is 264 g/mol. The van der Waals surface area contributed by atoms with Crippen LogP contribution in [-0.4, -0.2) is 35.2 Å². The van der Waals surface area contributed by atoms with E-state index in [-0.39, 0.29) is 0 Å². The van der Waals surface area contributed by atoms with Crippen molar-refractivity contribution in [3.8, 4) is 0 Å². The van der Waals surface area contributed by atoms with Crippen LogP contribution < -0.4 is 5.32 Å². The molecule has 108 valence electrons. The van der Waals surface area contributed by atoms with E-state index in [0.29, 0.717) is 6.61 Å². The maximum absolute atomic E-state index is 5.00. The number of hydrogen-bond acceptors (Lipinski definition) is 4. The second kappa shape index (κ2) is 6.37. The van der Waals surface area contributed by atoms with E-state index in [1.54, 1.807) is 13.3 Å². The molecule has 0 aliphatic rings. The van der Waals surface area contributed by atoms with Crippen LogP contribution in [0.4, 0.5) is 5.82 Å². The van der Waals surface area contributed by atoms with E-state index in [4.69, 9.17) is 4.74 Å². The van der Waals surface area contributed by atoms with E-state index in [1.807, 2.05) is 24.5 Å². The molecule has 21 heavy (non-hydrogen) atoms. The van der Waals surface area contributed by atoms with Crippen molar-refractivity contribution in [1.82, 2.24) is 15.0 Å². The maximum atomic E-state index is 5.00. The molecule has 0 aliphatic carbocycles. The van der Waals surface area contributed by atoms with E-state index in [0.717, 1.165) is 24.4 Å². The Labute approximate surface area is 123 Å². The average molecular weight is 282 g/mol. The highest BCUT2D eigenvalue weighted by atomic mass is 16.5. The van der Waals surface area contributed by atoms with Crippen molar-refractivity contribution >= 4 is 16.9 Å². The van der Waals surface area contributed by atoms with Crippen molar-refractivity contribution in [1.29, 1.82) is 0 Å². The number of pyridine rings is 2. The summed E-state index contributed by atoms with van der Waals surface area (Å²) in [5.41, 5.74) is 3.34. The Bertz CT molecular complexity index is 706. The van der Waals surface area contributed by atoms with E-state index >= 15 is 0 Å². The molecule has 0 radical (unpaired) electrons. The number of anilines is 1. The van der Waals surface area contributed by atoms with Crippen molar-refractivity contribution in [2.75, 3.05) is 25.6 Å². The highest BCUT2D eigenvalue weighted by Gasteiger charge is 2.05. The minimum Gasteiger partial charge on any atom is -0.383 e. The third-order valence-corrected chi connectivity index (χ3v) is 3.37. The molecule has 3 aromatic heterocycles. The minimum atomic E-state index is 0.672. The number of methoxy groups -OCH3 is 1. The van der Waals surface area contributed by atoms with Gasteiger partial charge in [0, 0.05) is 44.1 Å². The number of aromatic amines is 1. The largest absolute Gasteiger partial charge is 0.383 e. The lowest BCUT2D eigenvalue weighted by Crippen LogP contribution is -2.08. The molecule has 3 rings (SSSR count). The van der Waals surface area contributed by atoms with Gasteiger partial charge < -0.3 is 15.0 Å². The van der Waals surface area contributed by atoms with Gasteiger partial charge in [-0.15, -0.1) is 0 Å². The number of hydrogen-bond donors (Lipinski definition) is 2. The van der Waals surface area contributed by atoms with Crippen LogP contribution in [0.1, 0.15) is 11.1 Å². The normalized spacial score (nSPS) is 10.9. The molecule has 2 N–H and O–H groups in total. The first-order chi connectivity index (χ1) is 10.4. The van der Waals surface area contributed by atoms with Crippen LogP contribution in [0.25, 0.3) is 11.0 Å². The van der Waals surface area contributed by atoms with Crippen molar-refractivity contribution in [2.24, 2.45) is 0 Å². The third-order valence-electron chi connectivity index (χ3n) is 3.37. The quantitative estimate of drug-likeness (QED) is 0.682. The zero-order valence-corrected chi connectivity index (χ0v) is 12.0. The fourth-order valence-electron chi connectivity index (χ4n) is 2.29. The summed E-state index contributed by atoms with van der Waals surface area (Å²) >= 11 is 0. The summed E-state index contributed by atoms with van der Waals surface area (Å²) in [6, 6.07) is 8.14. The van der Waals surface area contributed by atoms with E-state index in [1.165, 1.54) is 16.5 Å². The zero-order valence-electron chi connectivity index (χ0n) is 12.0. The standard InChI is InChI=1S/C16H18N4O/c1-21-8-7-17-15-5-4-12(10-19-15)9-13-11-20-16-14(13)3-2-6-18-16/h2-6,10-11H,7-9H2,1H3,(H,17,19)(H,18,20). The lowest BCUT2D eigenvalue weighted by atomic mass is 10.1. The molecule has 0 aliphatic heterocycles. The summed E-state index contributed by atoms with van der Waals surface area (Å²) in [7, 11) is 1.69. The SMILES string of the molecule is COCCNc1ccc(Cc2c[nH]c3ncccc23)cn1. The van der Waals surface area contributed by atoms with Gasteiger partial charge in [0.25, 0.3) is 0 Å². The van der Waals surface area contributed by atoms with Crippen LogP contribution in [-0.2, 0) is 11.2 Å². The Morgan fingerprint density at radius 2 is 2.19 bits per heavy atom. The molecule has 5 nitrogen and oxygen atoms in total. The summed E-state index contributed by atoms with van der Waals surface area (Å²) in [5.74, 6) is 0.872. The van der Waals surface area contributed by atoms with Crippen molar-refractivity contribution in [3.63, 3.8) is 0 Å². The Balaban J connectivity index is 1.70. The van der Waals surface area contributed by atoms with Crippen LogP contribution in [0, 0.1) is 0 Å². The number of aromatic nitrogens is 3. The zero-order chi connectivity index (χ0) is 14.5. The van der Waals surface area contributed by atoms with Crippen LogP contribution >= 0.6 is 0 Å². The number of ether oxygens (including phenoxy) is 1. The Kier molecular flexibility index (Phi) is 4.12. The predicted octanol–water partition coefficient (Wildman–Crippen LogP) is 2.61. The molecule has 0 atom stereocenters. The number of H-pyrrole nitrogens is 1. The molecule has 3 heterocycles. The topological polar surface area (TPSA) is 62.8 Å². The van der Waals surface area contributed by atoms with Gasteiger partial charge in [-0.2, -0.15) is 0 Å². The lowest BCUT2D eigenvalue weighted by Gasteiger charge is -2.05. The molecular formula is C16H18N4O. The second-order valence-corrected chi connectivity index (χ2v) is 4.86. The highest BCUT2D eigenvalue weighted by Crippen LogP contribution is 2.19. The minimum absolute atomic E-state index is 0.672. The first kappa shape index (κ1) is 13.6. The van der Waals surface area contributed by atoms with Gasteiger partial charge in [-0.3, -0.25) is 0 Å². The number of nitrogens with one attached hydrogen (secondary N) is 2. The van der Waals surface area contributed by atoms with Gasteiger partial charge in [-0.25, -0.2) is 9.97 Å². The van der Waals surface area contributed by atoms with Crippen molar-refractivity contribution < 1.29 is 4.74 Å². The molecule has 3 aromatic rings. The molecule has 0 spiro atoms. The molecule has 0 unspecified atom stereocenters. The third kappa shape index (κ3) is 3.20. The molecule has 0 saturated carbocycles. The predicted molar refractivity (Wildman–Crippen MR) is 83.5 cm³/mol. The van der Waals surface area contributed by atoms with Gasteiger partial charge in [0.05, 0.1) is 6.61 Å². The Morgan fingerprint density at radius 1 is 1.24 bits per heavy atom. The van der Waals surface area contributed by atoms with Crippen LogP contribution in [0.2, 0.25) is 0 Å². The summed E-state index contributed by atoms with van der Waals surface area (Å²) in [5, 5.41) is 4.38.